The first-order chi connectivity index (χ1) is 9.69. The van der Waals surface area contributed by atoms with Crippen molar-refractivity contribution < 1.29 is 5.11 Å². The number of aryl methyl sites for hydroxylation is 1. The summed E-state index contributed by atoms with van der Waals surface area (Å²) in [5, 5.41) is 13.2. The standard InChI is InChI=1S/C15H24N4O/c1-3-6-16-15-17-9-10(2)14(18-15)19-11-4-5-12(19)8-13(20)7-11/h9,11-13,20H,3-8H2,1-2H3,(H,16,17,18). The Hall–Kier alpha value is -1.36. The van der Waals surface area contributed by atoms with Crippen molar-refractivity contribution in [2.45, 2.75) is 64.1 Å². The second-order valence-electron chi connectivity index (χ2n) is 6.04. The molecule has 1 aromatic rings. The van der Waals surface area contributed by atoms with Crippen molar-refractivity contribution >= 4 is 11.8 Å². The summed E-state index contributed by atoms with van der Waals surface area (Å²) in [7, 11) is 0. The Morgan fingerprint density at radius 1 is 1.35 bits per heavy atom. The van der Waals surface area contributed by atoms with Crippen LogP contribution in [0.2, 0.25) is 0 Å². The number of nitrogens with zero attached hydrogens (tertiary/aromatic N) is 3. The summed E-state index contributed by atoms with van der Waals surface area (Å²) in [4.78, 5) is 11.5. The van der Waals surface area contributed by atoms with Gasteiger partial charge >= 0.3 is 0 Å². The van der Waals surface area contributed by atoms with Gasteiger partial charge in [-0.05, 0) is 39.0 Å². The molecule has 3 rings (SSSR count). The molecular formula is C15H24N4O. The van der Waals surface area contributed by atoms with Crippen LogP contribution in [0.25, 0.3) is 0 Å². The van der Waals surface area contributed by atoms with E-state index in [-0.39, 0.29) is 6.10 Å². The Balaban J connectivity index is 1.86. The molecule has 2 aliphatic rings. The van der Waals surface area contributed by atoms with E-state index in [1.54, 1.807) is 0 Å². The largest absolute Gasteiger partial charge is 0.393 e. The number of hydrogen-bond acceptors (Lipinski definition) is 5. The molecule has 5 nitrogen and oxygen atoms in total. The lowest BCUT2D eigenvalue weighted by molar-refractivity contribution is 0.126. The molecule has 0 radical (unpaired) electrons. The lowest BCUT2D eigenvalue weighted by atomic mass is 9.99. The minimum atomic E-state index is -0.136. The number of aliphatic hydroxyl groups excluding tert-OH is 1. The third-order valence-corrected chi connectivity index (χ3v) is 4.43. The summed E-state index contributed by atoms with van der Waals surface area (Å²) in [6, 6.07) is 0.882. The van der Waals surface area contributed by atoms with Gasteiger partial charge in [0.15, 0.2) is 0 Å². The van der Waals surface area contributed by atoms with Crippen LogP contribution in [0.4, 0.5) is 11.8 Å². The quantitative estimate of drug-likeness (QED) is 0.882. The SMILES string of the molecule is CCCNc1ncc(C)c(N2C3CCC2CC(O)C3)n1. The van der Waals surface area contributed by atoms with E-state index in [1.165, 1.54) is 12.8 Å². The highest BCUT2D eigenvalue weighted by Gasteiger charge is 2.41. The summed E-state index contributed by atoms with van der Waals surface area (Å²) in [5.41, 5.74) is 1.13. The number of hydrogen-bond donors (Lipinski definition) is 2. The smallest absolute Gasteiger partial charge is 0.224 e. The topological polar surface area (TPSA) is 61.3 Å². The molecule has 20 heavy (non-hydrogen) atoms. The van der Waals surface area contributed by atoms with Crippen LogP contribution >= 0.6 is 0 Å². The maximum absolute atomic E-state index is 9.92. The van der Waals surface area contributed by atoms with Gasteiger partial charge in [-0.15, -0.1) is 0 Å². The van der Waals surface area contributed by atoms with Gasteiger partial charge in [-0.3, -0.25) is 0 Å². The fourth-order valence-electron chi connectivity index (χ4n) is 3.51. The molecule has 0 amide bonds. The van der Waals surface area contributed by atoms with E-state index in [0.717, 1.165) is 43.1 Å². The van der Waals surface area contributed by atoms with Crippen molar-refractivity contribution in [1.82, 2.24) is 9.97 Å². The van der Waals surface area contributed by atoms with Gasteiger partial charge in [0.2, 0.25) is 5.95 Å². The average molecular weight is 276 g/mol. The van der Waals surface area contributed by atoms with Crippen LogP contribution < -0.4 is 10.2 Å². The molecule has 2 bridgehead atoms. The zero-order chi connectivity index (χ0) is 14.1. The van der Waals surface area contributed by atoms with Crippen LogP contribution in [0.1, 0.15) is 44.6 Å². The molecule has 110 valence electrons. The Bertz CT molecular complexity index is 465. The van der Waals surface area contributed by atoms with Gasteiger partial charge in [-0.2, -0.15) is 4.98 Å². The zero-order valence-corrected chi connectivity index (χ0v) is 12.3. The van der Waals surface area contributed by atoms with Gasteiger partial charge in [-0.25, -0.2) is 4.98 Å². The molecule has 2 atom stereocenters. The Morgan fingerprint density at radius 2 is 2.05 bits per heavy atom. The Morgan fingerprint density at radius 3 is 2.70 bits per heavy atom. The van der Waals surface area contributed by atoms with Crippen molar-refractivity contribution in [3.63, 3.8) is 0 Å². The number of aromatic nitrogens is 2. The van der Waals surface area contributed by atoms with Crippen molar-refractivity contribution in [1.29, 1.82) is 0 Å². The summed E-state index contributed by atoms with van der Waals surface area (Å²) in [5.74, 6) is 1.77. The average Bonchev–Trinajstić information content (AvgIpc) is 2.70. The van der Waals surface area contributed by atoms with E-state index in [2.05, 4.69) is 29.0 Å². The van der Waals surface area contributed by atoms with Gasteiger partial charge in [0, 0.05) is 30.4 Å². The number of anilines is 2. The molecule has 2 N–H and O–H groups in total. The number of fused-ring (bicyclic) bond motifs is 2. The third kappa shape index (κ3) is 2.46. The highest BCUT2D eigenvalue weighted by Crippen LogP contribution is 2.39. The molecule has 2 saturated heterocycles. The lowest BCUT2D eigenvalue weighted by Crippen LogP contribution is -2.45. The van der Waals surface area contributed by atoms with Crippen molar-refractivity contribution in [2.75, 3.05) is 16.8 Å². The second-order valence-corrected chi connectivity index (χ2v) is 6.04. The molecule has 0 saturated carbocycles. The monoisotopic (exact) mass is 276 g/mol. The number of aliphatic hydroxyl groups is 1. The fourth-order valence-corrected chi connectivity index (χ4v) is 3.51. The van der Waals surface area contributed by atoms with Gasteiger partial charge in [0.1, 0.15) is 5.82 Å². The maximum atomic E-state index is 9.92. The minimum absolute atomic E-state index is 0.136. The van der Waals surface area contributed by atoms with Crippen LogP contribution in [-0.4, -0.2) is 39.8 Å². The third-order valence-electron chi connectivity index (χ3n) is 4.43. The van der Waals surface area contributed by atoms with E-state index in [1.807, 2.05) is 6.20 Å². The van der Waals surface area contributed by atoms with E-state index in [9.17, 15) is 5.11 Å². The molecule has 1 aromatic heterocycles. The van der Waals surface area contributed by atoms with Crippen LogP contribution in [0.15, 0.2) is 6.20 Å². The molecule has 0 aliphatic carbocycles. The van der Waals surface area contributed by atoms with E-state index in [4.69, 9.17) is 4.98 Å². The van der Waals surface area contributed by atoms with E-state index in [0.29, 0.717) is 12.1 Å². The first-order valence-electron chi connectivity index (χ1n) is 7.73. The molecule has 0 aromatic carbocycles. The summed E-state index contributed by atoms with van der Waals surface area (Å²) in [6.45, 7) is 5.10. The summed E-state index contributed by atoms with van der Waals surface area (Å²) >= 11 is 0. The van der Waals surface area contributed by atoms with Crippen molar-refractivity contribution in [3.8, 4) is 0 Å². The van der Waals surface area contributed by atoms with Crippen LogP contribution in [-0.2, 0) is 0 Å². The summed E-state index contributed by atoms with van der Waals surface area (Å²) in [6.07, 6.45) is 6.92. The predicted molar refractivity (Wildman–Crippen MR) is 80.1 cm³/mol. The van der Waals surface area contributed by atoms with Crippen molar-refractivity contribution in [2.24, 2.45) is 0 Å². The predicted octanol–water partition coefficient (Wildman–Crippen LogP) is 2.10. The van der Waals surface area contributed by atoms with Gasteiger partial charge in [0.05, 0.1) is 6.10 Å². The number of rotatable bonds is 4. The molecule has 0 spiro atoms. The normalized spacial score (nSPS) is 28.8. The van der Waals surface area contributed by atoms with Crippen LogP contribution in [0, 0.1) is 6.92 Å². The first kappa shape index (κ1) is 13.6. The zero-order valence-electron chi connectivity index (χ0n) is 12.3. The molecule has 3 heterocycles. The molecule has 2 aliphatic heterocycles. The second kappa shape index (κ2) is 5.56. The fraction of sp³-hybridized carbons (Fsp3) is 0.733. The molecule has 5 heteroatoms. The van der Waals surface area contributed by atoms with Crippen LogP contribution in [0.3, 0.4) is 0 Å². The molecule has 2 fully saturated rings. The van der Waals surface area contributed by atoms with Gasteiger partial charge in [-0.1, -0.05) is 6.92 Å². The van der Waals surface area contributed by atoms with E-state index >= 15 is 0 Å². The van der Waals surface area contributed by atoms with Gasteiger partial charge < -0.3 is 15.3 Å². The first-order valence-corrected chi connectivity index (χ1v) is 7.73. The molecule has 2 unspecified atom stereocenters. The summed E-state index contributed by atoms with van der Waals surface area (Å²) < 4.78 is 0. The highest BCUT2D eigenvalue weighted by atomic mass is 16.3. The maximum Gasteiger partial charge on any atom is 0.224 e. The number of nitrogens with one attached hydrogen (secondary N) is 1. The van der Waals surface area contributed by atoms with Crippen LogP contribution in [0.5, 0.6) is 0 Å². The lowest BCUT2D eigenvalue weighted by Gasteiger charge is -2.38. The molecular weight excluding hydrogens is 252 g/mol. The van der Waals surface area contributed by atoms with Crippen molar-refractivity contribution in [3.05, 3.63) is 11.8 Å². The van der Waals surface area contributed by atoms with Gasteiger partial charge in [0.25, 0.3) is 0 Å². The Kier molecular flexibility index (Phi) is 3.78. The Labute approximate surface area is 120 Å². The highest BCUT2D eigenvalue weighted by molar-refractivity contribution is 5.52. The minimum Gasteiger partial charge on any atom is -0.393 e. The number of piperidine rings is 1. The van der Waals surface area contributed by atoms with E-state index < -0.39 is 0 Å².